The van der Waals surface area contributed by atoms with Gasteiger partial charge in [0.15, 0.2) is 0 Å². The van der Waals surface area contributed by atoms with Crippen LogP contribution >= 0.6 is 0 Å². The number of nitrogens with one attached hydrogen (secondary N) is 2. The number of halogens is 4. The first-order valence-electron chi connectivity index (χ1n) is 4.53. The van der Waals surface area contributed by atoms with E-state index in [1.54, 1.807) is 6.20 Å². The van der Waals surface area contributed by atoms with Gasteiger partial charge in [0, 0.05) is 11.8 Å². The summed E-state index contributed by atoms with van der Waals surface area (Å²) in [5.41, 5.74) is -0.286. The normalized spacial score (nSPS) is 15.4. The average molecular weight is 232 g/mol. The molecule has 0 fully saturated rings. The molecule has 0 unspecified atom stereocenters. The predicted molar refractivity (Wildman–Crippen MR) is 50.5 cm³/mol. The summed E-state index contributed by atoms with van der Waals surface area (Å²) in [5, 5.41) is 5.68. The van der Waals surface area contributed by atoms with Crippen LogP contribution in [0.1, 0.15) is 11.1 Å². The maximum Gasteiger partial charge on any atom is 0.419 e. The van der Waals surface area contributed by atoms with Crippen LogP contribution in [0, 0.1) is 5.82 Å². The maximum atomic E-state index is 13.2. The van der Waals surface area contributed by atoms with Crippen molar-refractivity contribution in [3.05, 3.63) is 41.3 Å². The van der Waals surface area contributed by atoms with Gasteiger partial charge in [-0.15, -0.1) is 0 Å². The molecule has 86 valence electrons. The van der Waals surface area contributed by atoms with Crippen LogP contribution < -0.4 is 10.6 Å². The molecular formula is C10H8F4N2. The van der Waals surface area contributed by atoms with Crippen LogP contribution in [0.15, 0.2) is 24.4 Å². The lowest BCUT2D eigenvalue weighted by molar-refractivity contribution is -0.140. The molecule has 2 nitrogen and oxygen atoms in total. The van der Waals surface area contributed by atoms with Crippen molar-refractivity contribution < 1.29 is 17.6 Å². The van der Waals surface area contributed by atoms with Crippen LogP contribution in [0.25, 0.3) is 5.70 Å². The van der Waals surface area contributed by atoms with Gasteiger partial charge in [-0.3, -0.25) is 0 Å². The highest BCUT2D eigenvalue weighted by Gasteiger charge is 2.34. The molecule has 2 N–H and O–H groups in total. The van der Waals surface area contributed by atoms with E-state index in [0.29, 0.717) is 17.9 Å². The molecule has 0 amide bonds. The summed E-state index contributed by atoms with van der Waals surface area (Å²) in [6.45, 7) is 0.484. The lowest BCUT2D eigenvalue weighted by Crippen LogP contribution is -2.14. The Bertz CT molecular complexity index is 437. The Kier molecular flexibility index (Phi) is 2.49. The van der Waals surface area contributed by atoms with Crippen LogP contribution in [-0.4, -0.2) is 6.67 Å². The van der Waals surface area contributed by atoms with Gasteiger partial charge in [0.25, 0.3) is 0 Å². The van der Waals surface area contributed by atoms with Crippen molar-refractivity contribution in [1.29, 1.82) is 0 Å². The molecule has 0 spiro atoms. The second-order valence-corrected chi connectivity index (χ2v) is 3.31. The molecule has 0 atom stereocenters. The van der Waals surface area contributed by atoms with E-state index < -0.39 is 17.6 Å². The van der Waals surface area contributed by atoms with E-state index in [1.165, 1.54) is 6.07 Å². The zero-order chi connectivity index (χ0) is 11.8. The van der Waals surface area contributed by atoms with Gasteiger partial charge in [-0.2, -0.15) is 13.2 Å². The molecule has 1 aliphatic rings. The van der Waals surface area contributed by atoms with E-state index in [9.17, 15) is 17.6 Å². The van der Waals surface area contributed by atoms with E-state index in [4.69, 9.17) is 0 Å². The number of rotatable bonds is 1. The third kappa shape index (κ3) is 1.95. The zero-order valence-electron chi connectivity index (χ0n) is 8.03. The summed E-state index contributed by atoms with van der Waals surface area (Å²) in [6.07, 6.45) is -3.07. The van der Waals surface area contributed by atoms with Crippen LogP contribution in [0.4, 0.5) is 17.6 Å². The summed E-state index contributed by atoms with van der Waals surface area (Å²) >= 11 is 0. The minimum absolute atomic E-state index is 0.385. The Hall–Kier alpha value is -1.72. The highest BCUT2D eigenvalue weighted by atomic mass is 19.4. The Balaban J connectivity index is 2.36. The molecule has 16 heavy (non-hydrogen) atoms. The summed E-state index contributed by atoms with van der Waals surface area (Å²) in [6, 6.07) is 2.85. The van der Waals surface area contributed by atoms with Crippen molar-refractivity contribution in [2.24, 2.45) is 0 Å². The molecule has 1 aromatic rings. The van der Waals surface area contributed by atoms with E-state index >= 15 is 0 Å². The highest BCUT2D eigenvalue weighted by Crippen LogP contribution is 2.32. The van der Waals surface area contributed by atoms with Gasteiger partial charge >= 0.3 is 6.18 Å². The lowest BCUT2D eigenvalue weighted by atomic mass is 10.1. The van der Waals surface area contributed by atoms with Gasteiger partial charge in [0.2, 0.25) is 0 Å². The molecule has 1 aromatic carbocycles. The van der Waals surface area contributed by atoms with Gasteiger partial charge < -0.3 is 10.6 Å². The number of hydrogen-bond acceptors (Lipinski definition) is 2. The smallest absolute Gasteiger partial charge is 0.372 e. The molecule has 6 heteroatoms. The summed E-state index contributed by atoms with van der Waals surface area (Å²) in [5.74, 6) is -1.26. The molecule has 0 bridgehead atoms. The van der Waals surface area contributed by atoms with Crippen molar-refractivity contribution in [2.45, 2.75) is 6.18 Å². The van der Waals surface area contributed by atoms with Crippen molar-refractivity contribution in [2.75, 3.05) is 6.67 Å². The quantitative estimate of drug-likeness (QED) is 0.726. The molecule has 0 radical (unpaired) electrons. The van der Waals surface area contributed by atoms with Gasteiger partial charge in [-0.25, -0.2) is 4.39 Å². The van der Waals surface area contributed by atoms with Gasteiger partial charge in [0.05, 0.1) is 17.9 Å². The van der Waals surface area contributed by atoms with Crippen molar-refractivity contribution in [3.63, 3.8) is 0 Å². The van der Waals surface area contributed by atoms with Gasteiger partial charge in [-0.1, -0.05) is 6.07 Å². The fourth-order valence-corrected chi connectivity index (χ4v) is 1.45. The standard InChI is InChI=1S/C10H8F4N2/c11-8-3-6(9-4-15-5-16-9)1-2-7(8)10(12,13)14/h1-4,15-16H,5H2. The van der Waals surface area contributed by atoms with E-state index in [-0.39, 0.29) is 0 Å². The zero-order valence-corrected chi connectivity index (χ0v) is 8.03. The average Bonchev–Trinajstić information content (AvgIpc) is 2.68. The minimum atomic E-state index is -4.65. The number of hydrogen-bond donors (Lipinski definition) is 2. The maximum absolute atomic E-state index is 13.2. The van der Waals surface area contributed by atoms with E-state index in [0.717, 1.165) is 12.1 Å². The first-order chi connectivity index (χ1) is 7.48. The highest BCUT2D eigenvalue weighted by molar-refractivity contribution is 5.65. The van der Waals surface area contributed by atoms with Crippen LogP contribution in [0.5, 0.6) is 0 Å². The van der Waals surface area contributed by atoms with Crippen LogP contribution in [-0.2, 0) is 6.18 Å². The minimum Gasteiger partial charge on any atom is -0.372 e. The number of benzene rings is 1. The molecule has 1 heterocycles. The topological polar surface area (TPSA) is 24.1 Å². The monoisotopic (exact) mass is 232 g/mol. The summed E-state index contributed by atoms with van der Waals surface area (Å²) in [4.78, 5) is 0. The van der Waals surface area contributed by atoms with E-state index in [1.807, 2.05) is 0 Å². The molecule has 0 saturated carbocycles. The molecule has 0 saturated heterocycles. The van der Waals surface area contributed by atoms with Gasteiger partial charge in [0.1, 0.15) is 5.82 Å². The Labute approximate surface area is 89.0 Å². The third-order valence-electron chi connectivity index (χ3n) is 2.21. The molecular weight excluding hydrogens is 224 g/mol. The third-order valence-corrected chi connectivity index (χ3v) is 2.21. The van der Waals surface area contributed by atoms with Crippen molar-refractivity contribution in [1.82, 2.24) is 10.6 Å². The molecule has 2 rings (SSSR count). The van der Waals surface area contributed by atoms with Crippen LogP contribution in [0.3, 0.4) is 0 Å². The molecule has 1 aliphatic heterocycles. The lowest BCUT2D eigenvalue weighted by Gasteiger charge is -2.09. The second-order valence-electron chi connectivity index (χ2n) is 3.31. The summed E-state index contributed by atoms with van der Waals surface area (Å²) < 4.78 is 50.0. The SMILES string of the molecule is Fc1cc(C2=CNCN2)ccc1C(F)(F)F. The van der Waals surface area contributed by atoms with E-state index in [2.05, 4.69) is 10.6 Å². The summed E-state index contributed by atoms with van der Waals surface area (Å²) in [7, 11) is 0. The molecule has 0 aliphatic carbocycles. The largest absolute Gasteiger partial charge is 0.419 e. The van der Waals surface area contributed by atoms with Crippen molar-refractivity contribution >= 4 is 5.70 Å². The Morgan fingerprint density at radius 1 is 1.19 bits per heavy atom. The fraction of sp³-hybridized carbons (Fsp3) is 0.200. The first kappa shape index (κ1) is 10.8. The molecule has 0 aromatic heterocycles. The van der Waals surface area contributed by atoms with Crippen molar-refractivity contribution in [3.8, 4) is 0 Å². The Morgan fingerprint density at radius 3 is 2.44 bits per heavy atom. The fourth-order valence-electron chi connectivity index (χ4n) is 1.45. The first-order valence-corrected chi connectivity index (χ1v) is 4.53. The second kappa shape index (κ2) is 3.70. The Morgan fingerprint density at radius 2 is 1.94 bits per heavy atom. The predicted octanol–water partition coefficient (Wildman–Crippen LogP) is 2.29. The number of alkyl halides is 3. The van der Waals surface area contributed by atoms with Gasteiger partial charge in [-0.05, 0) is 12.1 Å². The van der Waals surface area contributed by atoms with Crippen LogP contribution in [0.2, 0.25) is 0 Å².